The Bertz CT molecular complexity index is 1240. The Morgan fingerprint density at radius 2 is 0.820 bits per heavy atom. The molecule has 0 radical (unpaired) electrons. The van der Waals surface area contributed by atoms with Crippen LogP contribution in [0.15, 0.2) is 0 Å². The minimum atomic E-state index is -4.28. The third-order valence-corrected chi connectivity index (χ3v) is 10.4. The minimum Gasteiger partial charge on any atom is -0.469 e. The summed E-state index contributed by atoms with van der Waals surface area (Å²) in [6.07, 6.45) is -1.24. The number of carbonyl (C=O) groups excluding carboxylic acids is 8. The summed E-state index contributed by atoms with van der Waals surface area (Å²) in [7, 11) is 4.19. The summed E-state index contributed by atoms with van der Waals surface area (Å²) in [6.45, 7) is 0. The van der Waals surface area contributed by atoms with Gasteiger partial charge in [-0.25, -0.2) is 4.79 Å². The Kier molecular flexibility index (Phi) is 23.2. The molecule has 0 spiro atoms. The number of carbonyl (C=O) groups is 8. The fraction of sp³-hybridized carbons (Fsp3) is 0.704. The first-order valence-electron chi connectivity index (χ1n) is 13.8. The van der Waals surface area contributed by atoms with Gasteiger partial charge in [0.05, 0.1) is 94.6 Å². The normalized spacial score (nSPS) is 14.6. The molecule has 21 nitrogen and oxygen atoms in total. The summed E-state index contributed by atoms with van der Waals surface area (Å²) in [6, 6.07) is 0. The monoisotopic (exact) mass is 765 g/mol. The Balaban J connectivity index is 0. The van der Waals surface area contributed by atoms with E-state index < -0.39 is 111 Å². The van der Waals surface area contributed by atoms with Gasteiger partial charge in [-0.1, -0.05) is 0 Å². The van der Waals surface area contributed by atoms with Crippen molar-refractivity contribution in [2.75, 3.05) is 78.2 Å². The lowest BCUT2D eigenvalue weighted by atomic mass is 9.86. The molecule has 50 heavy (non-hydrogen) atoms. The van der Waals surface area contributed by atoms with E-state index in [-0.39, 0.29) is 0 Å². The van der Waals surface area contributed by atoms with Crippen LogP contribution in [0.2, 0.25) is 0 Å². The van der Waals surface area contributed by atoms with Gasteiger partial charge in [-0.3, -0.25) is 38.1 Å². The van der Waals surface area contributed by atoms with Gasteiger partial charge in [0, 0.05) is 14.2 Å². The summed E-state index contributed by atoms with van der Waals surface area (Å²) < 4.78 is 75.6. The predicted octanol–water partition coefficient (Wildman–Crippen LogP) is 0.214. The molecule has 0 rings (SSSR count). The van der Waals surface area contributed by atoms with Crippen LogP contribution >= 0.6 is 15.6 Å². The Morgan fingerprint density at radius 1 is 0.480 bits per heavy atom. The smallest absolute Gasteiger partial charge is 0.469 e. The van der Waals surface area contributed by atoms with Gasteiger partial charge in [0.2, 0.25) is 0 Å². The predicted molar refractivity (Wildman–Crippen MR) is 163 cm³/mol. The zero-order valence-electron chi connectivity index (χ0n) is 29.3. The number of ether oxygens (including phenoxy) is 8. The molecular formula is C27H43O21P2+. The number of esters is 8. The molecule has 0 saturated heterocycles. The zero-order chi connectivity index (χ0) is 39.4. The average Bonchev–Trinajstić information content (AvgIpc) is 3.14. The lowest BCUT2D eigenvalue weighted by molar-refractivity contribution is -0.164. The van der Waals surface area contributed by atoms with Gasteiger partial charge in [-0.2, -0.15) is 0 Å². The standard InChI is InChI=1S/C14H23O11P.C13H20O10P/c1-20-9(15)7-8(12(16)21-2)10(13(17)22-3)11(14(18)23-4)26(19,24-5)25-6;1-19-8(14)6-7(11(15)20-2)9(12(16)21-3)10(13(17)22-4)24(18)23-5/h8,10-11H,7H2,1-6H3;7,9-10H,6H2,1-5H3/q;+1. The van der Waals surface area contributed by atoms with E-state index >= 15 is 0 Å². The first-order chi connectivity index (χ1) is 23.4. The lowest BCUT2D eigenvalue weighted by Gasteiger charge is -2.31. The van der Waals surface area contributed by atoms with Gasteiger partial charge < -0.3 is 46.9 Å². The largest absolute Gasteiger partial charge is 0.524 e. The van der Waals surface area contributed by atoms with E-state index in [9.17, 15) is 47.5 Å². The van der Waals surface area contributed by atoms with Gasteiger partial charge in [-0.15, -0.1) is 4.52 Å². The molecule has 0 bridgehead atoms. The van der Waals surface area contributed by atoms with Crippen molar-refractivity contribution < 1.29 is 99.0 Å². The van der Waals surface area contributed by atoms with E-state index in [1.807, 2.05) is 0 Å². The van der Waals surface area contributed by atoms with Gasteiger partial charge in [-0.05, 0) is 4.57 Å². The molecule has 0 aliphatic rings. The second kappa shape index (κ2) is 24.2. The molecule has 7 unspecified atom stereocenters. The molecule has 0 amide bonds. The second-order valence-electron chi connectivity index (χ2n) is 9.23. The topological polar surface area (TPSA) is 272 Å². The highest BCUT2D eigenvalue weighted by molar-refractivity contribution is 7.55. The molecule has 0 aromatic carbocycles. The highest BCUT2D eigenvalue weighted by Crippen LogP contribution is 2.56. The van der Waals surface area contributed by atoms with Gasteiger partial charge in [0.1, 0.15) is 5.92 Å². The van der Waals surface area contributed by atoms with Crippen molar-refractivity contribution in [2.45, 2.75) is 24.2 Å². The molecule has 23 heteroatoms. The maximum absolute atomic E-state index is 12.9. The SMILES string of the molecule is COC(=O)CC(C(=O)OC)C(C(=O)OC)C(C(=O)OC)P(=O)(OC)OC.COC(=O)CC(C(=O)OC)C(C(=O)OC)C(C(=O)OC)[P+](=O)OC. The molecule has 0 aliphatic carbocycles. The minimum absolute atomic E-state index is 0.594. The van der Waals surface area contributed by atoms with E-state index in [4.69, 9.17) is 9.05 Å². The van der Waals surface area contributed by atoms with Crippen LogP contribution in [0.4, 0.5) is 0 Å². The van der Waals surface area contributed by atoms with Crippen molar-refractivity contribution in [1.82, 2.24) is 0 Å². The highest BCUT2D eigenvalue weighted by atomic mass is 31.2. The molecule has 0 aliphatic heterocycles. The highest BCUT2D eigenvalue weighted by Gasteiger charge is 2.57. The van der Waals surface area contributed by atoms with Crippen LogP contribution in [-0.2, 0) is 99.0 Å². The molecule has 0 heterocycles. The van der Waals surface area contributed by atoms with E-state index in [1.165, 1.54) is 0 Å². The third kappa shape index (κ3) is 13.4. The van der Waals surface area contributed by atoms with Crippen molar-refractivity contribution in [3.05, 3.63) is 0 Å². The average molecular weight is 766 g/mol. The van der Waals surface area contributed by atoms with E-state index in [0.717, 1.165) is 78.2 Å². The summed E-state index contributed by atoms with van der Waals surface area (Å²) in [4.78, 5) is 96.2. The van der Waals surface area contributed by atoms with Crippen molar-refractivity contribution >= 4 is 63.4 Å². The number of hydrogen-bond donors (Lipinski definition) is 0. The van der Waals surface area contributed by atoms with Crippen LogP contribution in [0.25, 0.3) is 0 Å². The van der Waals surface area contributed by atoms with Crippen LogP contribution in [0.1, 0.15) is 12.8 Å². The lowest BCUT2D eigenvalue weighted by Crippen LogP contribution is -2.45. The maximum Gasteiger partial charge on any atom is 0.524 e. The molecule has 286 valence electrons. The molecular weight excluding hydrogens is 722 g/mol. The van der Waals surface area contributed by atoms with Crippen LogP contribution < -0.4 is 0 Å². The van der Waals surface area contributed by atoms with Crippen molar-refractivity contribution in [2.24, 2.45) is 23.7 Å². The van der Waals surface area contributed by atoms with Crippen molar-refractivity contribution in [3.8, 4) is 0 Å². The Hall–Kier alpha value is -4.03. The molecule has 0 aromatic rings. The van der Waals surface area contributed by atoms with Crippen LogP contribution in [-0.4, -0.2) is 137 Å². The summed E-state index contributed by atoms with van der Waals surface area (Å²) in [5.41, 5.74) is -3.56. The van der Waals surface area contributed by atoms with E-state index in [0.29, 0.717) is 0 Å². The number of rotatable bonds is 19. The molecule has 0 N–H and O–H groups in total. The quantitative estimate of drug-likeness (QED) is 0.0965. The first kappa shape index (κ1) is 48.1. The fourth-order valence-corrected chi connectivity index (χ4v) is 7.12. The Labute approximate surface area is 288 Å². The van der Waals surface area contributed by atoms with Crippen LogP contribution in [0.3, 0.4) is 0 Å². The molecule has 0 fully saturated rings. The molecule has 0 aromatic heterocycles. The summed E-state index contributed by atoms with van der Waals surface area (Å²) >= 11 is 0. The third-order valence-electron chi connectivity index (χ3n) is 6.87. The van der Waals surface area contributed by atoms with Gasteiger partial charge >= 0.3 is 63.4 Å². The summed E-state index contributed by atoms with van der Waals surface area (Å²) in [5, 5.41) is 0. The van der Waals surface area contributed by atoms with E-state index in [2.05, 4.69) is 42.4 Å². The first-order valence-corrected chi connectivity index (χ1v) is 16.6. The fourth-order valence-electron chi connectivity index (χ4n) is 4.33. The molecule has 7 atom stereocenters. The molecule has 0 saturated carbocycles. The van der Waals surface area contributed by atoms with Crippen molar-refractivity contribution in [3.63, 3.8) is 0 Å². The van der Waals surface area contributed by atoms with Crippen molar-refractivity contribution in [1.29, 1.82) is 0 Å². The number of hydrogen-bond acceptors (Lipinski definition) is 21. The van der Waals surface area contributed by atoms with E-state index in [1.54, 1.807) is 0 Å². The maximum atomic E-state index is 12.9. The number of methoxy groups -OCH3 is 8. The Morgan fingerprint density at radius 3 is 1.12 bits per heavy atom. The van der Waals surface area contributed by atoms with Crippen LogP contribution in [0, 0.1) is 23.7 Å². The summed E-state index contributed by atoms with van der Waals surface area (Å²) in [5.74, 6) is -14.5. The zero-order valence-corrected chi connectivity index (χ0v) is 31.1. The van der Waals surface area contributed by atoms with Crippen LogP contribution in [0.5, 0.6) is 0 Å². The van der Waals surface area contributed by atoms with Gasteiger partial charge in [0.15, 0.2) is 5.66 Å². The van der Waals surface area contributed by atoms with Gasteiger partial charge in [0.25, 0.3) is 5.66 Å². The second-order valence-corrected chi connectivity index (χ2v) is 13.1.